The van der Waals surface area contributed by atoms with E-state index in [0.29, 0.717) is 39.2 Å². The van der Waals surface area contributed by atoms with Gasteiger partial charge in [0, 0.05) is 23.1 Å². The number of nitro groups is 1. The Kier molecular flexibility index (Phi) is 6.70. The number of pyridine rings is 1. The number of nitrogens with zero attached hydrogens (tertiary/aromatic N) is 2. The van der Waals surface area contributed by atoms with Gasteiger partial charge in [0.05, 0.1) is 34.5 Å². The molecule has 0 saturated carbocycles. The highest BCUT2D eigenvalue weighted by atomic mass is 35.5. The van der Waals surface area contributed by atoms with Gasteiger partial charge < -0.3 is 22.5 Å². The number of non-ortho nitro benzene ring substituents is 1. The lowest BCUT2D eigenvalue weighted by molar-refractivity contribution is -0.384. The number of methoxy groups -OCH3 is 1. The van der Waals surface area contributed by atoms with Crippen LogP contribution in [0.5, 0.6) is 5.75 Å². The summed E-state index contributed by atoms with van der Waals surface area (Å²) in [6.45, 7) is 1.75. The van der Waals surface area contributed by atoms with Crippen molar-refractivity contribution in [1.29, 1.82) is 0 Å². The molecule has 0 aliphatic heterocycles. The monoisotopic (exact) mass is 448 g/mol. The molecule has 1 aromatic heterocycles. The van der Waals surface area contributed by atoms with Gasteiger partial charge in [0.2, 0.25) is 0 Å². The van der Waals surface area contributed by atoms with E-state index in [4.69, 9.17) is 4.74 Å². The number of benzene rings is 3. The van der Waals surface area contributed by atoms with Crippen LogP contribution in [0.1, 0.15) is 16.1 Å². The first-order valence-electron chi connectivity index (χ1n) is 9.58. The Bertz CT molecular complexity index is 1310. The lowest BCUT2D eigenvalue weighted by Crippen LogP contribution is -3.00. The van der Waals surface area contributed by atoms with E-state index in [-0.39, 0.29) is 24.0 Å². The molecule has 0 bridgehead atoms. The van der Waals surface area contributed by atoms with Crippen LogP contribution in [-0.4, -0.2) is 22.9 Å². The van der Waals surface area contributed by atoms with E-state index in [1.165, 1.54) is 19.2 Å². The topological polar surface area (TPSA) is 94.4 Å². The number of hydrogen-bond donors (Lipinski definition) is 1. The van der Waals surface area contributed by atoms with Gasteiger partial charge in [0.25, 0.3) is 11.6 Å². The molecule has 0 radical (unpaired) electrons. The highest BCUT2D eigenvalue weighted by Crippen LogP contribution is 2.35. The van der Waals surface area contributed by atoms with Crippen molar-refractivity contribution in [3.05, 3.63) is 94.2 Å². The Morgan fingerprint density at radius 3 is 2.41 bits per heavy atom. The normalized spacial score (nSPS) is 10.3. The summed E-state index contributed by atoms with van der Waals surface area (Å²) in [7, 11) is 1.53. The molecule has 4 aromatic rings. The molecule has 8 heteroatoms. The number of nitrogens with one attached hydrogen (secondary N) is 1. The van der Waals surface area contributed by atoms with E-state index in [0.717, 1.165) is 5.56 Å². The van der Waals surface area contributed by atoms with Crippen LogP contribution < -0.4 is 22.5 Å². The molecule has 4 rings (SSSR count). The molecule has 0 spiro atoms. The Hall–Kier alpha value is -3.97. The van der Waals surface area contributed by atoms with Crippen molar-refractivity contribution in [2.24, 2.45) is 0 Å². The van der Waals surface area contributed by atoms with Gasteiger partial charge >= 0.3 is 0 Å². The van der Waals surface area contributed by atoms with Gasteiger partial charge in [-0.1, -0.05) is 42.5 Å². The molecule has 0 fully saturated rings. The van der Waals surface area contributed by atoms with Gasteiger partial charge in [-0.25, -0.2) is 0 Å². The average Bonchev–Trinajstić information content (AvgIpc) is 2.78. The number of aromatic nitrogens is 1. The number of rotatable bonds is 5. The lowest BCUT2D eigenvalue weighted by atomic mass is 9.93. The first-order chi connectivity index (χ1) is 15.0. The van der Waals surface area contributed by atoms with E-state index in [1.54, 1.807) is 31.2 Å². The molecule has 32 heavy (non-hydrogen) atoms. The van der Waals surface area contributed by atoms with Crippen molar-refractivity contribution in [3.8, 4) is 16.9 Å². The fourth-order valence-corrected chi connectivity index (χ4v) is 3.60. The van der Waals surface area contributed by atoms with Crippen LogP contribution in [0.25, 0.3) is 22.0 Å². The zero-order chi connectivity index (χ0) is 22.0. The number of amides is 1. The number of fused-ring (bicyclic) bond motifs is 1. The van der Waals surface area contributed by atoms with Gasteiger partial charge in [-0.15, -0.1) is 0 Å². The van der Waals surface area contributed by atoms with Crippen LogP contribution >= 0.6 is 0 Å². The number of carbonyl (C=O) groups excluding carboxylic acids is 1. The summed E-state index contributed by atoms with van der Waals surface area (Å²) in [5.41, 5.74) is 3.27. The third-order valence-corrected chi connectivity index (χ3v) is 5.00. The summed E-state index contributed by atoms with van der Waals surface area (Å²) in [5, 5.41) is 14.8. The summed E-state index contributed by atoms with van der Waals surface area (Å²) in [4.78, 5) is 28.9. The number of ether oxygens (including phenoxy) is 1. The molecular weight excluding hydrogens is 430 g/mol. The van der Waals surface area contributed by atoms with E-state index in [2.05, 4.69) is 10.3 Å². The Morgan fingerprint density at radius 2 is 1.72 bits per heavy atom. The average molecular weight is 449 g/mol. The van der Waals surface area contributed by atoms with Crippen molar-refractivity contribution in [2.75, 3.05) is 12.4 Å². The number of carbonyl (C=O) groups is 1. The first kappa shape index (κ1) is 22.7. The standard InChI is InChI=1S/C24H19N3O4.ClH/c1-15-22(24(28)26-20-10-6-7-11-21(20)31-2)23(16-8-4-3-5-9-16)18-14-17(27(29)30)12-13-19(18)25-15;/h3-14H,1-2H3,(H,26,28);1H/p-1. The van der Waals surface area contributed by atoms with Gasteiger partial charge in [-0.05, 0) is 30.7 Å². The highest BCUT2D eigenvalue weighted by Gasteiger charge is 2.22. The van der Waals surface area contributed by atoms with E-state index in [1.807, 2.05) is 36.4 Å². The smallest absolute Gasteiger partial charge is 0.270 e. The highest BCUT2D eigenvalue weighted by molar-refractivity contribution is 6.15. The molecule has 1 heterocycles. The molecule has 0 unspecified atom stereocenters. The van der Waals surface area contributed by atoms with E-state index in [9.17, 15) is 14.9 Å². The zero-order valence-corrected chi connectivity index (χ0v) is 18.1. The number of aryl methyl sites for hydroxylation is 1. The van der Waals surface area contributed by atoms with Crippen molar-refractivity contribution >= 4 is 28.2 Å². The molecule has 0 saturated heterocycles. The molecular formula is C24H19ClN3O4-. The predicted molar refractivity (Wildman–Crippen MR) is 120 cm³/mol. The summed E-state index contributed by atoms with van der Waals surface area (Å²) in [6, 6.07) is 20.9. The summed E-state index contributed by atoms with van der Waals surface area (Å²) < 4.78 is 5.33. The molecule has 1 N–H and O–H groups in total. The maximum absolute atomic E-state index is 13.4. The fourth-order valence-electron chi connectivity index (χ4n) is 3.60. The van der Waals surface area contributed by atoms with Crippen LogP contribution in [-0.2, 0) is 0 Å². The second-order valence-electron chi connectivity index (χ2n) is 6.93. The minimum Gasteiger partial charge on any atom is -1.00 e. The molecule has 7 nitrogen and oxygen atoms in total. The Morgan fingerprint density at radius 1 is 1.03 bits per heavy atom. The number of halogens is 1. The lowest BCUT2D eigenvalue weighted by Gasteiger charge is -2.16. The van der Waals surface area contributed by atoms with Crippen molar-refractivity contribution in [2.45, 2.75) is 6.92 Å². The van der Waals surface area contributed by atoms with Gasteiger partial charge in [-0.3, -0.25) is 19.9 Å². The molecule has 0 aliphatic rings. The largest absolute Gasteiger partial charge is 1.00 e. The minimum atomic E-state index is -0.456. The third kappa shape index (κ3) is 4.24. The zero-order valence-electron chi connectivity index (χ0n) is 17.3. The second-order valence-corrected chi connectivity index (χ2v) is 6.93. The minimum absolute atomic E-state index is 0. The fraction of sp³-hybridized carbons (Fsp3) is 0.0833. The summed E-state index contributed by atoms with van der Waals surface area (Å²) in [6.07, 6.45) is 0. The van der Waals surface area contributed by atoms with Crippen molar-refractivity contribution < 1.29 is 26.9 Å². The molecule has 0 atom stereocenters. The maximum atomic E-state index is 13.4. The number of anilines is 1. The number of hydrogen-bond acceptors (Lipinski definition) is 5. The molecule has 162 valence electrons. The number of nitro benzene ring substituents is 1. The predicted octanol–water partition coefficient (Wildman–Crippen LogP) is 2.38. The number of para-hydroxylation sites is 2. The van der Waals surface area contributed by atoms with Gasteiger partial charge in [0.15, 0.2) is 0 Å². The SMILES string of the molecule is COc1ccccc1NC(=O)c1c(C)nc2ccc([N+](=O)[O-])cc2c1-c1ccccc1.[Cl-]. The van der Waals surface area contributed by atoms with Gasteiger partial charge in [-0.2, -0.15) is 0 Å². The van der Waals surface area contributed by atoms with Crippen LogP contribution in [0.4, 0.5) is 11.4 Å². The maximum Gasteiger partial charge on any atom is 0.270 e. The third-order valence-electron chi connectivity index (χ3n) is 5.00. The summed E-state index contributed by atoms with van der Waals surface area (Å²) in [5.74, 6) is 0.154. The quantitative estimate of drug-likeness (QED) is 0.373. The van der Waals surface area contributed by atoms with E-state index >= 15 is 0 Å². The second kappa shape index (κ2) is 9.45. The Balaban J connectivity index is 0.00000289. The van der Waals surface area contributed by atoms with Crippen LogP contribution in [0.3, 0.4) is 0 Å². The Labute approximate surface area is 190 Å². The molecule has 1 amide bonds. The first-order valence-corrected chi connectivity index (χ1v) is 9.58. The van der Waals surface area contributed by atoms with Crippen LogP contribution in [0.15, 0.2) is 72.8 Å². The molecule has 3 aromatic carbocycles. The van der Waals surface area contributed by atoms with Gasteiger partial charge in [0.1, 0.15) is 5.75 Å². The van der Waals surface area contributed by atoms with E-state index < -0.39 is 4.92 Å². The van der Waals surface area contributed by atoms with Crippen molar-refractivity contribution in [3.63, 3.8) is 0 Å². The van der Waals surface area contributed by atoms with Crippen LogP contribution in [0.2, 0.25) is 0 Å². The summed E-state index contributed by atoms with van der Waals surface area (Å²) >= 11 is 0. The molecule has 0 aliphatic carbocycles. The van der Waals surface area contributed by atoms with Crippen molar-refractivity contribution in [1.82, 2.24) is 4.98 Å². The van der Waals surface area contributed by atoms with Crippen LogP contribution in [0, 0.1) is 17.0 Å².